The Morgan fingerprint density at radius 3 is 2.75 bits per heavy atom. The van der Waals surface area contributed by atoms with Crippen LogP contribution in [0.3, 0.4) is 0 Å². The van der Waals surface area contributed by atoms with Crippen molar-refractivity contribution < 1.29 is 9.72 Å². The zero-order valence-electron chi connectivity index (χ0n) is 8.60. The van der Waals surface area contributed by atoms with E-state index in [1.165, 1.54) is 17.8 Å². The van der Waals surface area contributed by atoms with E-state index in [4.69, 9.17) is 11.6 Å². The topological polar surface area (TPSA) is 60.2 Å². The van der Waals surface area contributed by atoms with Crippen molar-refractivity contribution >= 4 is 34.8 Å². The molecule has 0 fully saturated rings. The van der Waals surface area contributed by atoms with E-state index in [0.29, 0.717) is 5.56 Å². The Kier molecular flexibility index (Phi) is 4.76. The molecule has 4 nitrogen and oxygen atoms in total. The molecule has 0 aliphatic rings. The molecule has 0 aromatic heterocycles. The summed E-state index contributed by atoms with van der Waals surface area (Å²) in [5.74, 6) is -0.342. The molecule has 1 rings (SSSR count). The van der Waals surface area contributed by atoms with E-state index in [-0.39, 0.29) is 23.8 Å². The van der Waals surface area contributed by atoms with Gasteiger partial charge < -0.3 is 0 Å². The molecule has 0 radical (unpaired) electrons. The fraction of sp³-hybridized carbons (Fsp3) is 0.300. The van der Waals surface area contributed by atoms with Gasteiger partial charge in [0.05, 0.1) is 16.4 Å². The normalized spacial score (nSPS) is 10.1. The van der Waals surface area contributed by atoms with E-state index in [2.05, 4.69) is 0 Å². The smallest absolute Gasteiger partial charge is 0.274 e. The van der Waals surface area contributed by atoms with Crippen molar-refractivity contribution in [3.63, 3.8) is 0 Å². The average Bonchev–Trinajstić information content (AvgIpc) is 2.28. The second kappa shape index (κ2) is 5.86. The van der Waals surface area contributed by atoms with E-state index in [1.807, 2.05) is 6.26 Å². The molecule has 16 heavy (non-hydrogen) atoms. The van der Waals surface area contributed by atoms with Crippen LogP contribution in [0.2, 0.25) is 0 Å². The maximum Gasteiger partial charge on any atom is 0.274 e. The molecule has 0 N–H and O–H groups in total. The molecular formula is C10H10ClNO3S. The van der Waals surface area contributed by atoms with Gasteiger partial charge in [0.15, 0.2) is 5.78 Å². The van der Waals surface area contributed by atoms with Crippen LogP contribution in [0.1, 0.15) is 5.56 Å². The molecule has 0 saturated carbocycles. The molecule has 6 heteroatoms. The summed E-state index contributed by atoms with van der Waals surface area (Å²) in [5, 5.41) is 10.8. The van der Waals surface area contributed by atoms with Crippen LogP contribution in [-0.4, -0.2) is 22.8 Å². The largest absolute Gasteiger partial charge is 0.298 e. The lowest BCUT2D eigenvalue weighted by atomic mass is 10.1. The van der Waals surface area contributed by atoms with E-state index < -0.39 is 4.92 Å². The summed E-state index contributed by atoms with van der Waals surface area (Å²) in [4.78, 5) is 22.3. The summed E-state index contributed by atoms with van der Waals surface area (Å²) in [5.41, 5.74) is 0.427. The Morgan fingerprint density at radius 1 is 1.56 bits per heavy atom. The minimum atomic E-state index is -0.476. The van der Waals surface area contributed by atoms with E-state index in [9.17, 15) is 14.9 Å². The Bertz CT molecular complexity index is 423. The van der Waals surface area contributed by atoms with Gasteiger partial charge >= 0.3 is 0 Å². The highest BCUT2D eigenvalue weighted by Crippen LogP contribution is 2.29. The molecule has 0 bridgehead atoms. The fourth-order valence-corrected chi connectivity index (χ4v) is 2.07. The number of halogens is 1. The standard InChI is InChI=1S/C10H10ClNO3S/c1-16-10-4-2-3-9(12(14)15)8(10)5-7(13)6-11/h2-4H,5-6H2,1H3. The number of benzene rings is 1. The minimum absolute atomic E-state index is 0.0107. The molecule has 0 spiro atoms. The molecule has 0 atom stereocenters. The number of hydrogen-bond donors (Lipinski definition) is 0. The molecule has 1 aromatic carbocycles. The van der Waals surface area contributed by atoms with Gasteiger partial charge in [-0.3, -0.25) is 14.9 Å². The van der Waals surface area contributed by atoms with Crippen molar-refractivity contribution in [2.45, 2.75) is 11.3 Å². The van der Waals surface area contributed by atoms with Gasteiger partial charge in [0, 0.05) is 17.4 Å². The van der Waals surface area contributed by atoms with Crippen molar-refractivity contribution in [2.24, 2.45) is 0 Å². The Hall–Kier alpha value is -1.07. The van der Waals surface area contributed by atoms with Crippen LogP contribution in [0.15, 0.2) is 23.1 Å². The average molecular weight is 260 g/mol. The number of ketones is 1. The van der Waals surface area contributed by atoms with Gasteiger partial charge in [-0.2, -0.15) is 0 Å². The van der Waals surface area contributed by atoms with Crippen molar-refractivity contribution in [3.8, 4) is 0 Å². The third-order valence-corrected chi connectivity index (χ3v) is 3.17. The molecule has 0 saturated heterocycles. The molecule has 0 heterocycles. The first-order chi connectivity index (χ1) is 7.60. The summed E-state index contributed by atoms with van der Waals surface area (Å²) >= 11 is 6.78. The molecule has 0 unspecified atom stereocenters. The van der Waals surface area contributed by atoms with Crippen LogP contribution in [0.25, 0.3) is 0 Å². The van der Waals surface area contributed by atoms with E-state index >= 15 is 0 Å². The number of Topliss-reactive ketones (excluding diaryl/α,β-unsaturated/α-hetero) is 1. The summed E-state index contributed by atoms with van der Waals surface area (Å²) in [6.45, 7) is 0. The highest BCUT2D eigenvalue weighted by atomic mass is 35.5. The maximum atomic E-state index is 11.3. The van der Waals surface area contributed by atoms with Crippen LogP contribution in [0.5, 0.6) is 0 Å². The van der Waals surface area contributed by atoms with Gasteiger partial charge in [-0.05, 0) is 12.3 Å². The predicted octanol–water partition coefficient (Wildman–Crippen LogP) is 2.67. The molecule has 86 valence electrons. The summed E-state index contributed by atoms with van der Waals surface area (Å²) in [7, 11) is 0. The SMILES string of the molecule is CSc1cccc([N+](=O)[O-])c1CC(=O)CCl. The number of carbonyl (C=O) groups excluding carboxylic acids is 1. The Morgan fingerprint density at radius 2 is 2.25 bits per heavy atom. The predicted molar refractivity (Wildman–Crippen MR) is 64.3 cm³/mol. The number of nitro benzene ring substituents is 1. The maximum absolute atomic E-state index is 11.3. The number of hydrogen-bond acceptors (Lipinski definition) is 4. The number of carbonyl (C=O) groups is 1. The number of alkyl halides is 1. The van der Waals surface area contributed by atoms with Crippen molar-refractivity contribution in [1.82, 2.24) is 0 Å². The summed E-state index contributed by atoms with van der Waals surface area (Å²) in [6, 6.07) is 4.77. The van der Waals surface area contributed by atoms with Crippen molar-refractivity contribution in [1.29, 1.82) is 0 Å². The van der Waals surface area contributed by atoms with Gasteiger partial charge in [-0.25, -0.2) is 0 Å². The fourth-order valence-electron chi connectivity index (χ4n) is 1.34. The lowest BCUT2D eigenvalue weighted by molar-refractivity contribution is -0.385. The van der Waals surface area contributed by atoms with Crippen LogP contribution in [0, 0.1) is 10.1 Å². The van der Waals surface area contributed by atoms with Crippen molar-refractivity contribution in [3.05, 3.63) is 33.9 Å². The zero-order valence-corrected chi connectivity index (χ0v) is 10.2. The van der Waals surface area contributed by atoms with Crippen molar-refractivity contribution in [2.75, 3.05) is 12.1 Å². The molecular weight excluding hydrogens is 250 g/mol. The van der Waals surface area contributed by atoms with Crippen LogP contribution in [0.4, 0.5) is 5.69 Å². The first kappa shape index (κ1) is 13.0. The van der Waals surface area contributed by atoms with Crippen LogP contribution in [-0.2, 0) is 11.2 Å². The Labute approximate surface area is 102 Å². The molecule has 0 amide bonds. The third kappa shape index (κ3) is 2.96. The molecule has 1 aromatic rings. The first-order valence-corrected chi connectivity index (χ1v) is 6.24. The molecule has 0 aliphatic carbocycles. The summed E-state index contributed by atoms with van der Waals surface area (Å²) < 4.78 is 0. The molecule has 0 aliphatic heterocycles. The number of nitro groups is 1. The third-order valence-electron chi connectivity index (χ3n) is 2.05. The van der Waals surface area contributed by atoms with Gasteiger partial charge in [0.1, 0.15) is 0 Å². The zero-order chi connectivity index (χ0) is 12.1. The van der Waals surface area contributed by atoms with Crippen LogP contribution < -0.4 is 0 Å². The van der Waals surface area contributed by atoms with E-state index in [1.54, 1.807) is 12.1 Å². The summed E-state index contributed by atoms with van der Waals surface area (Å²) in [6.07, 6.45) is 1.82. The quantitative estimate of drug-likeness (QED) is 0.353. The highest BCUT2D eigenvalue weighted by molar-refractivity contribution is 7.98. The second-order valence-electron chi connectivity index (χ2n) is 3.06. The van der Waals surface area contributed by atoms with Gasteiger partial charge in [-0.1, -0.05) is 6.07 Å². The number of nitrogens with zero attached hydrogens (tertiary/aromatic N) is 1. The minimum Gasteiger partial charge on any atom is -0.298 e. The number of rotatable bonds is 5. The monoisotopic (exact) mass is 259 g/mol. The second-order valence-corrected chi connectivity index (χ2v) is 4.18. The van der Waals surface area contributed by atoms with Gasteiger partial charge in [-0.15, -0.1) is 23.4 Å². The van der Waals surface area contributed by atoms with Gasteiger partial charge in [0.25, 0.3) is 5.69 Å². The van der Waals surface area contributed by atoms with Crippen LogP contribution >= 0.6 is 23.4 Å². The lowest BCUT2D eigenvalue weighted by Gasteiger charge is -2.06. The number of thioether (sulfide) groups is 1. The Balaban J connectivity index is 3.19. The highest BCUT2D eigenvalue weighted by Gasteiger charge is 2.19. The van der Waals surface area contributed by atoms with Gasteiger partial charge in [0.2, 0.25) is 0 Å². The van der Waals surface area contributed by atoms with E-state index in [0.717, 1.165) is 4.90 Å². The lowest BCUT2D eigenvalue weighted by Crippen LogP contribution is -2.07. The first-order valence-electron chi connectivity index (χ1n) is 4.48.